The molecule has 0 amide bonds. The molecule has 1 unspecified atom stereocenters. The Hall–Kier alpha value is -1.49. The number of carboxylic acids is 1. The zero-order valence-electron chi connectivity index (χ0n) is 9.54. The summed E-state index contributed by atoms with van der Waals surface area (Å²) in [7, 11) is 0. The topological polar surface area (TPSA) is 49.3 Å². The fourth-order valence-corrected chi connectivity index (χ4v) is 1.45. The highest BCUT2D eigenvalue weighted by Gasteiger charge is 2.13. The summed E-state index contributed by atoms with van der Waals surface area (Å²) >= 11 is 0. The predicted molar refractivity (Wildman–Crippen MR) is 59.5 cm³/mol. The maximum atomic E-state index is 12.9. The molecule has 17 heavy (non-hydrogen) atoms. The molecule has 0 bridgehead atoms. The van der Waals surface area contributed by atoms with Gasteiger partial charge in [-0.3, -0.25) is 4.79 Å². The standard InChI is InChI=1S/C12H15F2NO2/c1-2-9(12(16)17)7-15-6-8-3-4-10(13)11(14)5-8/h3-5,9,15H,2,6-7H2,1H3,(H,16,17). The van der Waals surface area contributed by atoms with Gasteiger partial charge < -0.3 is 10.4 Å². The van der Waals surface area contributed by atoms with E-state index in [-0.39, 0.29) is 0 Å². The molecular formula is C12H15F2NO2. The Bertz CT molecular complexity index is 396. The van der Waals surface area contributed by atoms with Crippen LogP contribution in [0.15, 0.2) is 18.2 Å². The van der Waals surface area contributed by atoms with Crippen molar-refractivity contribution in [1.29, 1.82) is 0 Å². The number of hydrogen-bond acceptors (Lipinski definition) is 2. The van der Waals surface area contributed by atoms with Gasteiger partial charge in [-0.1, -0.05) is 13.0 Å². The number of carboxylic acid groups (broad SMARTS) is 1. The van der Waals surface area contributed by atoms with Crippen molar-refractivity contribution in [2.24, 2.45) is 5.92 Å². The number of halogens is 2. The minimum Gasteiger partial charge on any atom is -0.481 e. The number of aliphatic carboxylic acids is 1. The van der Waals surface area contributed by atoms with E-state index in [1.165, 1.54) is 6.07 Å². The number of hydrogen-bond donors (Lipinski definition) is 2. The lowest BCUT2D eigenvalue weighted by atomic mass is 10.1. The van der Waals surface area contributed by atoms with E-state index >= 15 is 0 Å². The summed E-state index contributed by atoms with van der Waals surface area (Å²) in [6.07, 6.45) is 0.528. The first-order valence-corrected chi connectivity index (χ1v) is 5.42. The molecule has 0 aromatic heterocycles. The van der Waals surface area contributed by atoms with Gasteiger partial charge in [-0.25, -0.2) is 8.78 Å². The Morgan fingerprint density at radius 2 is 2.12 bits per heavy atom. The normalized spacial score (nSPS) is 12.4. The van der Waals surface area contributed by atoms with E-state index in [0.29, 0.717) is 25.1 Å². The van der Waals surface area contributed by atoms with Crippen molar-refractivity contribution in [2.45, 2.75) is 19.9 Å². The highest BCUT2D eigenvalue weighted by Crippen LogP contribution is 2.08. The zero-order chi connectivity index (χ0) is 12.8. The average molecular weight is 243 g/mol. The van der Waals surface area contributed by atoms with Gasteiger partial charge in [-0.2, -0.15) is 0 Å². The molecule has 0 aliphatic carbocycles. The molecule has 0 aliphatic rings. The molecule has 0 heterocycles. The molecule has 2 N–H and O–H groups in total. The number of benzene rings is 1. The van der Waals surface area contributed by atoms with Gasteiger partial charge >= 0.3 is 5.97 Å². The Balaban J connectivity index is 2.45. The number of carbonyl (C=O) groups is 1. The van der Waals surface area contributed by atoms with Crippen LogP contribution < -0.4 is 5.32 Å². The molecular weight excluding hydrogens is 228 g/mol. The van der Waals surface area contributed by atoms with Crippen molar-refractivity contribution in [3.05, 3.63) is 35.4 Å². The summed E-state index contributed by atoms with van der Waals surface area (Å²) < 4.78 is 25.5. The van der Waals surface area contributed by atoms with E-state index in [2.05, 4.69) is 5.32 Å². The third kappa shape index (κ3) is 4.11. The Morgan fingerprint density at radius 1 is 1.41 bits per heavy atom. The van der Waals surface area contributed by atoms with E-state index in [1.54, 1.807) is 6.92 Å². The highest BCUT2D eigenvalue weighted by molar-refractivity contribution is 5.70. The van der Waals surface area contributed by atoms with Gasteiger partial charge in [0.05, 0.1) is 5.92 Å². The lowest BCUT2D eigenvalue weighted by Gasteiger charge is -2.11. The van der Waals surface area contributed by atoms with Gasteiger partial charge in [-0.15, -0.1) is 0 Å². The van der Waals surface area contributed by atoms with E-state index in [9.17, 15) is 13.6 Å². The van der Waals surface area contributed by atoms with Crippen molar-refractivity contribution in [3.8, 4) is 0 Å². The van der Waals surface area contributed by atoms with Crippen LogP contribution in [0.25, 0.3) is 0 Å². The van der Waals surface area contributed by atoms with Crippen LogP contribution in [0.1, 0.15) is 18.9 Å². The molecule has 94 valence electrons. The third-order valence-electron chi connectivity index (χ3n) is 2.55. The summed E-state index contributed by atoms with van der Waals surface area (Å²) in [6.45, 7) is 2.42. The summed E-state index contributed by atoms with van der Waals surface area (Å²) in [5, 5.41) is 11.7. The number of rotatable bonds is 6. The summed E-state index contributed by atoms with van der Waals surface area (Å²) in [4.78, 5) is 10.7. The first-order valence-electron chi connectivity index (χ1n) is 5.42. The van der Waals surface area contributed by atoms with Gasteiger partial charge in [-0.05, 0) is 24.1 Å². The SMILES string of the molecule is CCC(CNCc1ccc(F)c(F)c1)C(=O)O. The van der Waals surface area contributed by atoms with E-state index in [1.807, 2.05) is 0 Å². The maximum absolute atomic E-state index is 12.9. The summed E-state index contributed by atoms with van der Waals surface area (Å²) in [5.41, 5.74) is 0.587. The summed E-state index contributed by atoms with van der Waals surface area (Å²) in [5.74, 6) is -3.09. The Kier molecular flexibility index (Phi) is 5.03. The molecule has 1 rings (SSSR count). The van der Waals surface area contributed by atoms with Gasteiger partial charge in [0, 0.05) is 13.1 Å². The van der Waals surface area contributed by atoms with Crippen LogP contribution in [-0.4, -0.2) is 17.6 Å². The minimum atomic E-state index is -0.894. The van der Waals surface area contributed by atoms with Crippen molar-refractivity contribution in [3.63, 3.8) is 0 Å². The predicted octanol–water partition coefficient (Wildman–Crippen LogP) is 2.17. The van der Waals surface area contributed by atoms with Crippen LogP contribution >= 0.6 is 0 Å². The second-order valence-corrected chi connectivity index (χ2v) is 3.82. The smallest absolute Gasteiger partial charge is 0.307 e. The van der Waals surface area contributed by atoms with Crippen LogP contribution in [0.5, 0.6) is 0 Å². The lowest BCUT2D eigenvalue weighted by molar-refractivity contribution is -0.141. The Labute approximate surface area is 98.5 Å². The van der Waals surface area contributed by atoms with E-state index in [0.717, 1.165) is 12.1 Å². The molecule has 1 aromatic carbocycles. The fraction of sp³-hybridized carbons (Fsp3) is 0.417. The van der Waals surface area contributed by atoms with Crippen LogP contribution in [0, 0.1) is 17.6 Å². The molecule has 0 radical (unpaired) electrons. The monoisotopic (exact) mass is 243 g/mol. The fourth-order valence-electron chi connectivity index (χ4n) is 1.45. The molecule has 5 heteroatoms. The maximum Gasteiger partial charge on any atom is 0.307 e. The first-order chi connectivity index (χ1) is 8.04. The van der Waals surface area contributed by atoms with Crippen molar-refractivity contribution in [2.75, 3.05) is 6.54 Å². The first kappa shape index (κ1) is 13.6. The van der Waals surface area contributed by atoms with Gasteiger partial charge in [0.1, 0.15) is 0 Å². The van der Waals surface area contributed by atoms with Crippen molar-refractivity contribution >= 4 is 5.97 Å². The quantitative estimate of drug-likeness (QED) is 0.805. The van der Waals surface area contributed by atoms with Crippen LogP contribution in [0.2, 0.25) is 0 Å². The van der Waals surface area contributed by atoms with Gasteiger partial charge in [0.25, 0.3) is 0 Å². The minimum absolute atomic E-state index is 0.310. The summed E-state index contributed by atoms with van der Waals surface area (Å²) in [6, 6.07) is 3.62. The van der Waals surface area contributed by atoms with E-state index in [4.69, 9.17) is 5.11 Å². The molecule has 0 spiro atoms. The van der Waals surface area contributed by atoms with E-state index < -0.39 is 23.5 Å². The van der Waals surface area contributed by atoms with Gasteiger partial charge in [0.15, 0.2) is 11.6 Å². The van der Waals surface area contributed by atoms with Crippen molar-refractivity contribution < 1.29 is 18.7 Å². The molecule has 0 saturated heterocycles. The molecule has 1 aromatic rings. The second-order valence-electron chi connectivity index (χ2n) is 3.82. The van der Waals surface area contributed by atoms with Crippen LogP contribution in [0.4, 0.5) is 8.78 Å². The van der Waals surface area contributed by atoms with Crippen molar-refractivity contribution in [1.82, 2.24) is 5.32 Å². The molecule has 0 aliphatic heterocycles. The van der Waals surface area contributed by atoms with Gasteiger partial charge in [0.2, 0.25) is 0 Å². The molecule has 3 nitrogen and oxygen atoms in total. The largest absolute Gasteiger partial charge is 0.481 e. The zero-order valence-corrected chi connectivity index (χ0v) is 9.54. The molecule has 0 saturated carbocycles. The van der Waals surface area contributed by atoms with Crippen LogP contribution in [-0.2, 0) is 11.3 Å². The highest BCUT2D eigenvalue weighted by atomic mass is 19.2. The second kappa shape index (κ2) is 6.30. The number of nitrogens with one attached hydrogen (secondary N) is 1. The van der Waals surface area contributed by atoms with Crippen LogP contribution in [0.3, 0.4) is 0 Å². The Morgan fingerprint density at radius 3 is 2.65 bits per heavy atom. The third-order valence-corrected chi connectivity index (χ3v) is 2.55. The lowest BCUT2D eigenvalue weighted by Crippen LogP contribution is -2.27. The average Bonchev–Trinajstić information content (AvgIpc) is 2.28. The molecule has 1 atom stereocenters. The molecule has 0 fully saturated rings.